The van der Waals surface area contributed by atoms with Crippen LogP contribution in [0.25, 0.3) is 22.7 Å². The topological polar surface area (TPSA) is 238 Å². The van der Waals surface area contributed by atoms with Gasteiger partial charge in [0.15, 0.2) is 17.5 Å². The number of aliphatic hydroxyl groups excluding tert-OH is 3. The molecule has 16 nitrogen and oxygen atoms in total. The van der Waals surface area contributed by atoms with Crippen molar-refractivity contribution in [1.29, 1.82) is 0 Å². The van der Waals surface area contributed by atoms with E-state index in [2.05, 4.69) is 98.3 Å². The molecule has 2 saturated carbocycles. The van der Waals surface area contributed by atoms with Crippen molar-refractivity contribution < 1.29 is 49.6 Å². The summed E-state index contributed by atoms with van der Waals surface area (Å²) in [4.78, 5) is 4.38. The van der Waals surface area contributed by atoms with Gasteiger partial charge < -0.3 is 70.5 Å². The maximum Gasteiger partial charge on any atom is 0.188 e. The predicted octanol–water partition coefficient (Wildman–Crippen LogP) is 11.0. The number of hydrogen-bond acceptors (Lipinski definition) is 13. The molecular formula is C84H94N6O10. The van der Waals surface area contributed by atoms with Gasteiger partial charge in [0.25, 0.3) is 0 Å². The lowest BCUT2D eigenvalue weighted by molar-refractivity contribution is -0.247. The maximum atomic E-state index is 13.0. The largest absolute Gasteiger partial charge is 0.508 e. The number of aliphatic imine (C=N–C) groups is 1. The highest BCUT2D eigenvalue weighted by Gasteiger charge is 2.69. The minimum Gasteiger partial charge on any atom is -0.508 e. The second-order valence-corrected chi connectivity index (χ2v) is 31.6. The number of piperidine rings is 1. The standard InChI is InChI=1S/C84H94N6O10/c1-86-82(85)87-38-57-30-52-16-13-46(11-12-47-15-24-70(94)55(26-47)27-48-6-4-10-64(93)29-48)14-22-65-68-35-56-28-49(41-91)43-98-81(56)89-79(68)88-80-74(65)76(57)100-73(52)37-71(95)51-19-23-66-67(34-51)59(42-92)36-72(96)77(66)97-44-60-33-63(32-58-39-90(80)40-69(58)60)84-62-21-17-50-7-5-8-53(75(50)84)31-54-18-20-61-9-2-3-25-83(61,78(54)84)99-45-62/h4-8,10,15,19,23-24,26,29-30,32-33,36,39-40,46,49,51-52,54,56,61-62,71,73,76,78-79,81,88-89,91-96H,2-3,9,11-13,16-18,20-21,25,27-28,31,34-35,37-38,41-45H2,1H3,(H3,85,86,87)/t46-,49-,51-,52-,54+,56+,61+,62+,71+,73-,76-,78-,79?,81-,83-,84+/m1/s1. The number of phenols is 3. The number of aromatic hydroxyl groups is 3. The Bertz CT molecular complexity index is 4500. The van der Waals surface area contributed by atoms with Crippen molar-refractivity contribution in [1.82, 2.24) is 20.5 Å². The number of benzene rings is 5. The van der Waals surface area contributed by atoms with Crippen molar-refractivity contribution in [2.45, 2.75) is 171 Å². The fourth-order valence-corrected chi connectivity index (χ4v) is 21.7. The van der Waals surface area contributed by atoms with E-state index in [4.69, 9.17) is 24.7 Å². The van der Waals surface area contributed by atoms with Crippen LogP contribution < -0.4 is 26.4 Å². The average molecular weight is 1350 g/mol. The third-order valence-corrected chi connectivity index (χ3v) is 26.2. The first-order chi connectivity index (χ1) is 48.8. The molecule has 5 fully saturated rings. The van der Waals surface area contributed by atoms with Gasteiger partial charge in [-0.2, -0.15) is 0 Å². The molecule has 1 unspecified atom stereocenters. The van der Waals surface area contributed by atoms with Gasteiger partial charge in [-0.3, -0.25) is 10.3 Å². The predicted molar refractivity (Wildman–Crippen MR) is 384 cm³/mol. The van der Waals surface area contributed by atoms with Gasteiger partial charge in [0.05, 0.1) is 37.6 Å². The number of nitrogens with zero attached hydrogens (tertiary/aromatic N) is 2. The Hall–Kier alpha value is -7.85. The Kier molecular flexibility index (Phi) is 16.4. The number of rotatable bonds is 10. The highest BCUT2D eigenvalue weighted by atomic mass is 16.5. The first-order valence-electron chi connectivity index (χ1n) is 37.4. The number of dihydropyridines is 1. The van der Waals surface area contributed by atoms with E-state index in [0.717, 1.165) is 124 Å². The second kappa shape index (κ2) is 25.6. The zero-order chi connectivity index (χ0) is 67.7. The molecule has 8 aliphatic heterocycles. The van der Waals surface area contributed by atoms with Crippen molar-refractivity contribution in [3.63, 3.8) is 0 Å². The summed E-state index contributed by atoms with van der Waals surface area (Å²) >= 11 is 0. The van der Waals surface area contributed by atoms with Crippen LogP contribution in [0.5, 0.6) is 23.0 Å². The third-order valence-electron chi connectivity index (χ3n) is 26.2. The number of fused-ring (bicyclic) bond motifs is 7. The molecule has 6 aromatic rings. The van der Waals surface area contributed by atoms with Crippen LogP contribution in [0.4, 0.5) is 0 Å². The molecular weight excluding hydrogens is 1250 g/mol. The Labute approximate surface area is 585 Å². The second-order valence-electron chi connectivity index (χ2n) is 31.6. The molecule has 20 rings (SSSR count). The summed E-state index contributed by atoms with van der Waals surface area (Å²) in [5.41, 5.74) is 21.7. The van der Waals surface area contributed by atoms with E-state index < -0.39 is 24.5 Å². The van der Waals surface area contributed by atoms with E-state index in [1.807, 2.05) is 24.3 Å². The molecule has 10 bridgehead atoms. The summed E-state index contributed by atoms with van der Waals surface area (Å²) in [5, 5.41) is 82.3. The number of guanidine groups is 1. The number of nitrogens with two attached hydrogens (primary N) is 1. The van der Waals surface area contributed by atoms with E-state index in [9.17, 15) is 30.6 Å². The van der Waals surface area contributed by atoms with Crippen LogP contribution in [0.1, 0.15) is 145 Å². The number of nitrogens with one attached hydrogen (secondary N) is 3. The minimum atomic E-state index is -0.872. The van der Waals surface area contributed by atoms with Gasteiger partial charge in [0.2, 0.25) is 0 Å². The summed E-state index contributed by atoms with van der Waals surface area (Å²) in [7, 11) is 1.69. The highest BCUT2D eigenvalue weighted by molar-refractivity contribution is 5.89. The molecule has 1 spiro atoms. The SMILES string of the molecule is CN=C(N)NCC1=C[C@H]2CC[C@@H](CCc3ccc(O)c(Cc4cccc(O)c4)c3)C#CC3=C4C[C@@H]5C[C@H](CO)CO[C@H]5NC4NC4=C3[C@@H]1O[C@@H]2C[C@H](O)[C@@H]1C=Cc2c(c(CO)cc(O)c2OCc2cc([C@]35c6c7cccc6C[C@@H]6CC[C@@H]8CCCC[C@]8(OC[C@@H]3CC7)[C@@H]65)cc3cn4cc23)C1. The number of aliphatic hydroxyl groups is 3. The van der Waals surface area contributed by atoms with Crippen molar-refractivity contribution >= 4 is 28.6 Å². The van der Waals surface area contributed by atoms with Crippen LogP contribution in [0.15, 0.2) is 131 Å². The van der Waals surface area contributed by atoms with E-state index in [1.54, 1.807) is 36.9 Å². The molecule has 0 radical (unpaired) electrons. The van der Waals surface area contributed by atoms with E-state index in [0.29, 0.717) is 80.8 Å². The Balaban J connectivity index is 0.863. The first kappa shape index (κ1) is 64.3. The van der Waals surface area contributed by atoms with Gasteiger partial charge in [-0.15, -0.1) is 0 Å². The molecule has 11 N–H and O–H groups in total. The Morgan fingerprint density at radius 3 is 2.62 bits per heavy atom. The van der Waals surface area contributed by atoms with Crippen LogP contribution >= 0.6 is 0 Å². The molecule has 520 valence electrons. The fourth-order valence-electron chi connectivity index (χ4n) is 21.7. The molecule has 16 atom stereocenters. The lowest BCUT2D eigenvalue weighted by Crippen LogP contribution is -2.70. The Morgan fingerprint density at radius 1 is 0.840 bits per heavy atom. The maximum absolute atomic E-state index is 13.0. The molecule has 9 heterocycles. The van der Waals surface area contributed by atoms with Gasteiger partial charge >= 0.3 is 0 Å². The van der Waals surface area contributed by atoms with Crippen molar-refractivity contribution in [2.24, 2.45) is 64.0 Å². The van der Waals surface area contributed by atoms with Crippen molar-refractivity contribution in [3.05, 3.63) is 187 Å². The summed E-state index contributed by atoms with van der Waals surface area (Å²) in [6, 6.07) is 27.0. The smallest absolute Gasteiger partial charge is 0.188 e. The van der Waals surface area contributed by atoms with Gasteiger partial charge in [-0.1, -0.05) is 91.4 Å². The molecule has 0 amide bonds. The normalized spacial score (nSPS) is 33.0. The fraction of sp³-hybridized carbons (Fsp3) is 0.488. The number of aryl methyl sites for hydroxylation is 2. The zero-order valence-electron chi connectivity index (χ0n) is 57.2. The van der Waals surface area contributed by atoms with Gasteiger partial charge in [-0.05, 0) is 205 Å². The van der Waals surface area contributed by atoms with E-state index in [1.165, 1.54) is 48.8 Å². The van der Waals surface area contributed by atoms with E-state index in [-0.39, 0.29) is 95.7 Å². The van der Waals surface area contributed by atoms with Crippen LogP contribution in [0, 0.1) is 65.1 Å². The van der Waals surface area contributed by atoms with Gasteiger partial charge in [0.1, 0.15) is 42.4 Å². The minimum absolute atomic E-state index is 0.00588. The molecule has 16 heteroatoms. The van der Waals surface area contributed by atoms with Crippen LogP contribution in [0.2, 0.25) is 0 Å². The summed E-state index contributed by atoms with van der Waals surface area (Å²) in [6.07, 6.45) is 24.0. The summed E-state index contributed by atoms with van der Waals surface area (Å²) in [5.74, 6) is 10.8. The lowest BCUT2D eigenvalue weighted by atomic mass is 9.39. The third kappa shape index (κ3) is 10.8. The molecule has 100 heavy (non-hydrogen) atoms. The van der Waals surface area contributed by atoms with Crippen molar-refractivity contribution in [3.8, 4) is 34.8 Å². The quantitative estimate of drug-likeness (QED) is 0.0266. The zero-order valence-corrected chi connectivity index (χ0v) is 57.2. The monoisotopic (exact) mass is 1350 g/mol. The average Bonchev–Trinajstić information content (AvgIpc) is 0.782. The first-order valence-corrected chi connectivity index (χ1v) is 37.4. The summed E-state index contributed by atoms with van der Waals surface area (Å²) < 4.78 is 31.8. The van der Waals surface area contributed by atoms with E-state index >= 15 is 0 Å². The highest BCUT2D eigenvalue weighted by Crippen LogP contribution is 2.69. The van der Waals surface area contributed by atoms with Crippen molar-refractivity contribution in [2.75, 3.05) is 33.4 Å². The molecule has 3 saturated heterocycles. The molecule has 14 aliphatic rings. The molecule has 5 aromatic carbocycles. The number of phenolic OH excluding ortho intramolecular Hbond substituents is 3. The molecule has 1 aromatic heterocycles. The van der Waals surface area contributed by atoms with Crippen LogP contribution in [-0.4, -0.2) is 111 Å². The molecule has 6 aliphatic carbocycles. The van der Waals surface area contributed by atoms with Crippen LogP contribution in [0.3, 0.4) is 0 Å². The number of ether oxygens (including phenoxy) is 4. The van der Waals surface area contributed by atoms with Crippen LogP contribution in [-0.2, 0) is 64.9 Å². The van der Waals surface area contributed by atoms with Gasteiger partial charge in [-0.25, -0.2) is 0 Å². The summed E-state index contributed by atoms with van der Waals surface area (Å²) in [6.45, 7) is 1.40. The number of aromatic nitrogens is 1. The number of hydrogen-bond donors (Lipinski definition) is 10. The van der Waals surface area contributed by atoms with Gasteiger partial charge in [0, 0.05) is 114 Å². The lowest BCUT2D eigenvalue weighted by Gasteiger charge is -2.69. The Morgan fingerprint density at radius 2 is 1.74 bits per heavy atom.